The van der Waals surface area contributed by atoms with Gasteiger partial charge < -0.3 is 5.21 Å². The van der Waals surface area contributed by atoms with Crippen LogP contribution < -0.4 is 5.90 Å². The first kappa shape index (κ1) is 9.96. The lowest BCUT2D eigenvalue weighted by molar-refractivity contribution is 0.311. The van der Waals surface area contributed by atoms with Crippen LogP contribution in [0, 0.1) is 11.8 Å². The van der Waals surface area contributed by atoms with Gasteiger partial charge in [0, 0.05) is 6.57 Å². The van der Waals surface area contributed by atoms with Crippen molar-refractivity contribution in [2.75, 3.05) is 0 Å². The molecular formula is CH4N2O. The van der Waals surface area contributed by atoms with Gasteiger partial charge in [0.2, 0.25) is 0 Å². The van der Waals surface area contributed by atoms with Crippen LogP contribution >= 0.6 is 0 Å². The summed E-state index contributed by atoms with van der Waals surface area (Å²) in [5.74, 6) is 3.50. The summed E-state index contributed by atoms with van der Waals surface area (Å²) < 4.78 is 0. The van der Waals surface area contributed by atoms with E-state index in [0.29, 0.717) is 0 Å². The molecule has 0 aliphatic heterocycles. The third-order valence-corrected chi connectivity index (χ3v) is 0. The van der Waals surface area contributed by atoms with Crippen LogP contribution in [0.15, 0.2) is 0 Å². The molecule has 0 aromatic carbocycles. The topological polar surface area (TPSA) is 70.0 Å². The summed E-state index contributed by atoms with van der Waals surface area (Å²) in [6.45, 7) is 3.50. The zero-order valence-electron chi connectivity index (χ0n) is 2.05. The van der Waals surface area contributed by atoms with E-state index in [2.05, 4.69) is 12.5 Å². The molecule has 0 aliphatic rings. The molecule has 0 unspecified atom stereocenters. The fourth-order valence-electron chi connectivity index (χ4n) is 0. The minimum absolute atomic E-state index is 3.50. The molecule has 0 fully saturated rings. The zero-order valence-corrected chi connectivity index (χ0v) is 2.05. The minimum Gasteiger partial charge on any atom is -0.320 e. The highest BCUT2D eigenvalue weighted by Gasteiger charge is 0.732. The van der Waals surface area contributed by atoms with Crippen molar-refractivity contribution < 1.29 is 5.21 Å². The van der Waals surface area contributed by atoms with Crippen LogP contribution in [0.25, 0.3) is 0 Å². The Kier molecular flexibility index (Phi) is 34.3. The van der Waals surface area contributed by atoms with E-state index in [1.54, 1.807) is 0 Å². The lowest BCUT2D eigenvalue weighted by Crippen LogP contribution is -1.72. The summed E-state index contributed by atoms with van der Waals surface area (Å²) in [5, 5.41) is 13.0. The number of nitrogens with zero attached hydrogens (tertiary/aromatic N) is 1. The van der Waals surface area contributed by atoms with Gasteiger partial charge in [0.1, 0.15) is 0 Å². The van der Waals surface area contributed by atoms with Gasteiger partial charge in [0.25, 0.3) is 0 Å². The normalized spacial score (nSPS) is 2.00. The highest BCUT2D eigenvalue weighted by Crippen LogP contribution is 0.586. The highest BCUT2D eigenvalue weighted by molar-refractivity contribution is 4.03. The molecule has 3 N–H and O–H groups in total. The van der Waals surface area contributed by atoms with Crippen molar-refractivity contribution in [3.05, 3.63) is 0 Å². The first-order chi connectivity index (χ1) is 2.00. The van der Waals surface area contributed by atoms with Gasteiger partial charge in [-0.25, -0.2) is 11.2 Å². The van der Waals surface area contributed by atoms with Crippen molar-refractivity contribution >= 4 is 0 Å². The van der Waals surface area contributed by atoms with Crippen molar-refractivity contribution in [3.63, 3.8) is 0 Å². The van der Waals surface area contributed by atoms with Gasteiger partial charge in [-0.15, -0.1) is 0 Å². The Morgan fingerprint density at radius 2 is 1.50 bits per heavy atom. The van der Waals surface area contributed by atoms with E-state index in [4.69, 9.17) is 10.5 Å². The van der Waals surface area contributed by atoms with Gasteiger partial charge in [0.15, 0.2) is 0 Å². The van der Waals surface area contributed by atoms with Crippen molar-refractivity contribution in [1.82, 2.24) is 0 Å². The van der Waals surface area contributed by atoms with Crippen LogP contribution in [-0.2, 0) is 0 Å². The van der Waals surface area contributed by atoms with E-state index < -0.39 is 0 Å². The average Bonchev–Trinajstić information content (AvgIpc) is 1.50. The van der Waals surface area contributed by atoms with Crippen molar-refractivity contribution in [2.45, 2.75) is 0 Å². The maximum Gasteiger partial charge on any atom is 0.0462 e. The van der Waals surface area contributed by atoms with Crippen LogP contribution in [0.2, 0.25) is 0 Å². The summed E-state index contributed by atoms with van der Waals surface area (Å²) in [4.78, 5) is 0. The van der Waals surface area contributed by atoms with Gasteiger partial charge in [0.05, 0.1) is 0 Å². The molecule has 0 aliphatic carbocycles. The Morgan fingerprint density at radius 1 is 1.50 bits per heavy atom. The second kappa shape index (κ2) is 13.8. The first-order valence-electron chi connectivity index (χ1n) is 0.516. The fraction of sp³-hybridized carbons (Fsp3) is 0. The van der Waals surface area contributed by atoms with Crippen molar-refractivity contribution in [1.29, 1.82) is 5.26 Å². The molecule has 0 bridgehead atoms. The number of hydrogen-bond acceptors (Lipinski definition) is 3. The number of rotatable bonds is 0. The Labute approximate surface area is 24.2 Å². The van der Waals surface area contributed by atoms with Crippen LogP contribution in [0.4, 0.5) is 0 Å². The van der Waals surface area contributed by atoms with Gasteiger partial charge >= 0.3 is 0 Å². The third kappa shape index (κ3) is 0.681. The van der Waals surface area contributed by atoms with Crippen LogP contribution in [-0.4, -0.2) is 5.21 Å². The molecule has 0 rings (SSSR count). The minimum atomic E-state index is 3.50. The lowest BCUT2D eigenvalue weighted by Gasteiger charge is -1.27. The van der Waals surface area contributed by atoms with E-state index >= 15 is 0 Å². The van der Waals surface area contributed by atoms with Crippen LogP contribution in [0.3, 0.4) is 0 Å². The molecule has 0 aromatic heterocycles. The Bertz CT molecular complexity index is 10.8. The van der Waals surface area contributed by atoms with E-state index in [1.165, 1.54) is 0 Å². The Hall–Kier alpha value is -0.590. The smallest absolute Gasteiger partial charge is 0.0462 e. The monoisotopic (exact) mass is 60.0 g/mol. The predicted molar refractivity (Wildman–Crippen MR) is 12.6 cm³/mol. The Morgan fingerprint density at radius 3 is 1.50 bits per heavy atom. The fourth-order valence-corrected chi connectivity index (χ4v) is 0. The van der Waals surface area contributed by atoms with Gasteiger partial charge in [-0.3, -0.25) is 0 Å². The molecule has 0 saturated heterocycles. The molecular weight excluding hydrogens is 56.0 g/mol. The molecule has 3 nitrogen and oxygen atoms in total. The summed E-state index contributed by atoms with van der Waals surface area (Å²) in [7, 11) is 0. The largest absolute Gasteiger partial charge is 0.320 e. The molecule has 24 valence electrons. The highest BCUT2D eigenvalue weighted by atomic mass is 16.4. The van der Waals surface area contributed by atoms with E-state index in [9.17, 15) is 0 Å². The van der Waals surface area contributed by atoms with E-state index in [0.717, 1.165) is 0 Å². The van der Waals surface area contributed by atoms with Gasteiger partial charge in [-0.1, -0.05) is 0 Å². The molecule has 0 radical (unpaired) electrons. The molecule has 0 atom stereocenters. The molecule has 0 aromatic rings. The second-order valence-electron chi connectivity index (χ2n) is 0. The standard InChI is InChI=1S/CHN.H3NO/c2*1-2/h1H;2H,1H2. The van der Waals surface area contributed by atoms with Crippen LogP contribution in [0.5, 0.6) is 0 Å². The summed E-state index contributed by atoms with van der Waals surface area (Å²) in [5.41, 5.74) is 0. The number of hydrogen-bond donors (Lipinski definition) is 2. The Balaban J connectivity index is 0. The molecule has 4 heavy (non-hydrogen) atoms. The molecule has 0 heterocycles. The zero-order chi connectivity index (χ0) is 4.00. The molecule has 0 spiro atoms. The van der Waals surface area contributed by atoms with Crippen molar-refractivity contribution in [3.8, 4) is 6.57 Å². The van der Waals surface area contributed by atoms with Gasteiger partial charge in [-0.2, -0.15) is 0 Å². The molecule has 3 heteroatoms. The summed E-state index contributed by atoms with van der Waals surface area (Å²) in [6, 6.07) is 0. The third-order valence-electron chi connectivity index (χ3n) is 0. The summed E-state index contributed by atoms with van der Waals surface area (Å²) >= 11 is 0. The first-order valence-corrected chi connectivity index (χ1v) is 0.516. The van der Waals surface area contributed by atoms with E-state index in [-0.39, 0.29) is 0 Å². The van der Waals surface area contributed by atoms with Gasteiger partial charge in [-0.05, 0) is 0 Å². The maximum atomic E-state index is 6.50. The molecule has 0 saturated carbocycles. The quantitative estimate of drug-likeness (QED) is 0.369. The van der Waals surface area contributed by atoms with E-state index in [1.807, 2.05) is 0 Å². The average molecular weight is 60.1 g/mol. The van der Waals surface area contributed by atoms with Crippen molar-refractivity contribution in [2.24, 2.45) is 5.90 Å². The second-order valence-corrected chi connectivity index (χ2v) is 0. The lowest BCUT2D eigenvalue weighted by atomic mass is 11.9. The predicted octanol–water partition coefficient (Wildman–Crippen LogP) is -0.526. The van der Waals surface area contributed by atoms with Crippen LogP contribution in [0.1, 0.15) is 0 Å². The number of nitriles is 1. The SMILES string of the molecule is C#N.NO. The maximum absolute atomic E-state index is 6.50. The summed E-state index contributed by atoms with van der Waals surface area (Å²) in [6.07, 6.45) is 0. The number of nitrogens with two attached hydrogens (primary N) is 1. The molecule has 0 amide bonds.